The van der Waals surface area contributed by atoms with Gasteiger partial charge in [-0.2, -0.15) is 13.2 Å². The number of carbonyl (C=O) groups excluding carboxylic acids is 3. The molecule has 0 spiro atoms. The monoisotopic (exact) mass is 454 g/mol. The fourth-order valence-electron chi connectivity index (χ4n) is 3.11. The number of nitrogens with one attached hydrogen (secondary N) is 2. The molecule has 2 rings (SSSR count). The van der Waals surface area contributed by atoms with Crippen LogP contribution in [0.2, 0.25) is 0 Å². The molecule has 0 saturated carbocycles. The Kier molecular flexibility index (Phi) is 8.34. The summed E-state index contributed by atoms with van der Waals surface area (Å²) in [6.07, 6.45) is -5.15. The van der Waals surface area contributed by atoms with Gasteiger partial charge >= 0.3 is 12.1 Å². The topological polar surface area (TPSA) is 84.5 Å². The van der Waals surface area contributed by atoms with E-state index in [1.807, 2.05) is 0 Å². The molecule has 0 aromatic heterocycles. The summed E-state index contributed by atoms with van der Waals surface area (Å²) < 4.78 is 57.7. The minimum atomic E-state index is -4.65. The highest BCUT2D eigenvalue weighted by atomic mass is 19.4. The molecule has 0 radical (unpaired) electrons. The van der Waals surface area contributed by atoms with Gasteiger partial charge in [0.1, 0.15) is 17.9 Å². The van der Waals surface area contributed by atoms with E-state index in [4.69, 9.17) is 0 Å². The number of esters is 1. The molecule has 32 heavy (non-hydrogen) atoms. The Labute approximate surface area is 181 Å². The SMILES string of the molecule is COC(=O)[C@@H](Cc1ccccc1C(F)(F)F)NC(=O)[C@H](Cc1ccc(F)cc1)NC(C)=O. The number of halogens is 4. The minimum Gasteiger partial charge on any atom is -0.467 e. The molecule has 2 aromatic carbocycles. The second-order valence-electron chi connectivity index (χ2n) is 7.03. The van der Waals surface area contributed by atoms with Crippen molar-refractivity contribution in [1.29, 1.82) is 0 Å². The second kappa shape index (κ2) is 10.7. The molecule has 2 N–H and O–H groups in total. The fourth-order valence-corrected chi connectivity index (χ4v) is 3.11. The molecule has 0 aliphatic carbocycles. The van der Waals surface area contributed by atoms with Crippen LogP contribution in [0.4, 0.5) is 17.6 Å². The molecule has 2 atom stereocenters. The fraction of sp³-hybridized carbons (Fsp3) is 0.318. The Morgan fingerprint density at radius 2 is 1.56 bits per heavy atom. The number of rotatable bonds is 8. The zero-order valence-corrected chi connectivity index (χ0v) is 17.3. The highest BCUT2D eigenvalue weighted by Gasteiger charge is 2.35. The van der Waals surface area contributed by atoms with Gasteiger partial charge in [-0.1, -0.05) is 30.3 Å². The summed E-state index contributed by atoms with van der Waals surface area (Å²) in [7, 11) is 1.04. The lowest BCUT2D eigenvalue weighted by atomic mass is 9.99. The number of ether oxygens (including phenoxy) is 1. The Bertz CT molecular complexity index is 961. The number of hydrogen-bond acceptors (Lipinski definition) is 4. The second-order valence-corrected chi connectivity index (χ2v) is 7.03. The maximum Gasteiger partial charge on any atom is 0.416 e. The number of hydrogen-bond donors (Lipinski definition) is 2. The van der Waals surface area contributed by atoms with Crippen molar-refractivity contribution in [1.82, 2.24) is 10.6 Å². The summed E-state index contributed by atoms with van der Waals surface area (Å²) in [4.78, 5) is 36.6. The zero-order valence-electron chi connectivity index (χ0n) is 17.3. The summed E-state index contributed by atoms with van der Waals surface area (Å²) in [6, 6.07) is 7.32. The van der Waals surface area contributed by atoms with Crippen LogP contribution >= 0.6 is 0 Å². The molecule has 0 aliphatic heterocycles. The van der Waals surface area contributed by atoms with Gasteiger partial charge in [0.25, 0.3) is 0 Å². The quantitative estimate of drug-likeness (QED) is 0.475. The molecule has 2 amide bonds. The predicted octanol–water partition coefficient (Wildman–Crippen LogP) is 2.79. The largest absolute Gasteiger partial charge is 0.467 e. The van der Waals surface area contributed by atoms with Gasteiger partial charge in [-0.05, 0) is 29.3 Å². The van der Waals surface area contributed by atoms with E-state index >= 15 is 0 Å². The van der Waals surface area contributed by atoms with Crippen LogP contribution in [0.25, 0.3) is 0 Å². The van der Waals surface area contributed by atoms with E-state index < -0.39 is 53.8 Å². The first kappa shape index (κ1) is 24.8. The van der Waals surface area contributed by atoms with Crippen molar-refractivity contribution in [2.24, 2.45) is 0 Å². The standard InChI is InChI=1S/C22H22F4N2O4/c1-13(29)27-18(11-14-7-9-16(23)10-8-14)20(30)28-19(21(31)32-2)12-15-5-3-4-6-17(15)22(24,25)26/h3-10,18-19H,11-12H2,1-2H3,(H,27,29)(H,28,30)/t18-,19+/m0/s1. The molecule has 2 aromatic rings. The predicted molar refractivity (Wildman–Crippen MR) is 107 cm³/mol. The van der Waals surface area contributed by atoms with Gasteiger partial charge in [-0.15, -0.1) is 0 Å². The van der Waals surface area contributed by atoms with Crippen molar-refractivity contribution in [2.45, 2.75) is 38.0 Å². The van der Waals surface area contributed by atoms with Gasteiger partial charge in [-0.3, -0.25) is 9.59 Å². The maximum absolute atomic E-state index is 13.3. The summed E-state index contributed by atoms with van der Waals surface area (Å²) in [5, 5.41) is 4.79. The Balaban J connectivity index is 2.25. The smallest absolute Gasteiger partial charge is 0.416 e. The Hall–Kier alpha value is -3.43. The molecule has 6 nitrogen and oxygen atoms in total. The van der Waals surface area contributed by atoms with E-state index in [9.17, 15) is 31.9 Å². The van der Waals surface area contributed by atoms with Gasteiger partial charge in [0.15, 0.2) is 0 Å². The molecule has 0 unspecified atom stereocenters. The molecular formula is C22H22F4N2O4. The van der Waals surface area contributed by atoms with E-state index in [0.29, 0.717) is 5.56 Å². The number of alkyl halides is 3. The van der Waals surface area contributed by atoms with E-state index in [2.05, 4.69) is 15.4 Å². The number of amides is 2. The Morgan fingerprint density at radius 1 is 0.938 bits per heavy atom. The molecular weight excluding hydrogens is 432 g/mol. The number of benzene rings is 2. The van der Waals surface area contributed by atoms with Crippen molar-refractivity contribution < 1.29 is 36.7 Å². The normalized spacial score (nSPS) is 13.1. The molecule has 0 heterocycles. The van der Waals surface area contributed by atoms with Gasteiger partial charge < -0.3 is 15.4 Å². The third-order valence-corrected chi connectivity index (χ3v) is 4.60. The van der Waals surface area contributed by atoms with Crippen LogP contribution in [0.3, 0.4) is 0 Å². The van der Waals surface area contributed by atoms with Crippen LogP contribution in [0, 0.1) is 5.82 Å². The van der Waals surface area contributed by atoms with Crippen molar-refractivity contribution in [3.8, 4) is 0 Å². The third kappa shape index (κ3) is 7.07. The van der Waals surface area contributed by atoms with E-state index in [-0.39, 0.29) is 12.0 Å². The lowest BCUT2D eigenvalue weighted by Gasteiger charge is -2.23. The summed E-state index contributed by atoms with van der Waals surface area (Å²) in [5.41, 5.74) is -0.615. The van der Waals surface area contributed by atoms with E-state index in [1.54, 1.807) is 0 Å². The van der Waals surface area contributed by atoms with Crippen LogP contribution in [0.5, 0.6) is 0 Å². The first-order chi connectivity index (χ1) is 15.0. The molecule has 0 saturated heterocycles. The van der Waals surface area contributed by atoms with Crippen molar-refractivity contribution >= 4 is 17.8 Å². The van der Waals surface area contributed by atoms with Crippen LogP contribution in [-0.4, -0.2) is 37.0 Å². The highest BCUT2D eigenvalue weighted by Crippen LogP contribution is 2.32. The van der Waals surface area contributed by atoms with Crippen LogP contribution in [0.15, 0.2) is 48.5 Å². The minimum absolute atomic E-state index is 0.0290. The summed E-state index contributed by atoms with van der Waals surface area (Å²) in [6.45, 7) is 1.18. The van der Waals surface area contributed by atoms with Crippen molar-refractivity contribution in [2.75, 3.05) is 7.11 Å². The van der Waals surface area contributed by atoms with Gasteiger partial charge in [-0.25, -0.2) is 9.18 Å². The third-order valence-electron chi connectivity index (χ3n) is 4.60. The van der Waals surface area contributed by atoms with Crippen molar-refractivity contribution in [3.05, 3.63) is 71.0 Å². The molecule has 0 aliphatic rings. The Morgan fingerprint density at radius 3 is 2.12 bits per heavy atom. The van der Waals surface area contributed by atoms with Crippen LogP contribution in [0.1, 0.15) is 23.6 Å². The average molecular weight is 454 g/mol. The lowest BCUT2D eigenvalue weighted by Crippen LogP contribution is -2.53. The van der Waals surface area contributed by atoms with Gasteiger partial charge in [0, 0.05) is 19.8 Å². The number of methoxy groups -OCH3 is 1. The average Bonchev–Trinajstić information content (AvgIpc) is 2.73. The molecule has 0 fully saturated rings. The van der Waals surface area contributed by atoms with Gasteiger partial charge in [0.05, 0.1) is 12.7 Å². The molecule has 172 valence electrons. The van der Waals surface area contributed by atoms with Crippen LogP contribution < -0.4 is 10.6 Å². The van der Waals surface area contributed by atoms with Gasteiger partial charge in [0.2, 0.25) is 11.8 Å². The number of carbonyl (C=O) groups is 3. The van der Waals surface area contributed by atoms with Crippen molar-refractivity contribution in [3.63, 3.8) is 0 Å². The van der Waals surface area contributed by atoms with E-state index in [0.717, 1.165) is 13.2 Å². The first-order valence-corrected chi connectivity index (χ1v) is 9.56. The first-order valence-electron chi connectivity index (χ1n) is 9.56. The molecule has 0 bridgehead atoms. The zero-order chi connectivity index (χ0) is 23.9. The lowest BCUT2D eigenvalue weighted by molar-refractivity contribution is -0.146. The van der Waals surface area contributed by atoms with E-state index in [1.165, 1.54) is 49.4 Å². The highest BCUT2D eigenvalue weighted by molar-refractivity contribution is 5.90. The summed E-state index contributed by atoms with van der Waals surface area (Å²) in [5.74, 6) is -2.77. The molecule has 10 heteroatoms. The summed E-state index contributed by atoms with van der Waals surface area (Å²) >= 11 is 0. The maximum atomic E-state index is 13.3. The van der Waals surface area contributed by atoms with Crippen LogP contribution in [-0.2, 0) is 38.1 Å².